The van der Waals surface area contributed by atoms with Gasteiger partial charge in [0.05, 0.1) is 6.10 Å². The third-order valence-electron chi connectivity index (χ3n) is 4.29. The molecule has 3 rings (SSSR count). The van der Waals surface area contributed by atoms with E-state index in [1.807, 2.05) is 4.90 Å². The fourth-order valence-electron chi connectivity index (χ4n) is 3.25. The summed E-state index contributed by atoms with van der Waals surface area (Å²) < 4.78 is 5.00. The molecule has 1 aromatic heterocycles. The molecule has 6 heteroatoms. The highest BCUT2D eigenvalue weighted by atomic mass is 16.5. The van der Waals surface area contributed by atoms with E-state index in [0.29, 0.717) is 37.0 Å². The lowest BCUT2D eigenvalue weighted by atomic mass is 10.00. The number of hydrogen-bond donors (Lipinski definition) is 1. The van der Waals surface area contributed by atoms with Gasteiger partial charge in [-0.05, 0) is 25.7 Å². The van der Waals surface area contributed by atoms with Crippen molar-refractivity contribution in [2.45, 2.75) is 38.7 Å². The zero-order chi connectivity index (χ0) is 13.4. The standard InChI is InChI=1S/C13H19N3O3/c1-8-14-12(19-15-8)4-5-13(18)16-6-9-2-3-11(17)10(9)7-16/h9-11,17H,2-7H2,1H3. The molecule has 1 N–H and O–H groups in total. The zero-order valence-electron chi connectivity index (χ0n) is 11.1. The zero-order valence-corrected chi connectivity index (χ0v) is 11.1. The summed E-state index contributed by atoms with van der Waals surface area (Å²) in [6, 6.07) is 0. The van der Waals surface area contributed by atoms with Gasteiger partial charge in [0.2, 0.25) is 11.8 Å². The van der Waals surface area contributed by atoms with Crippen LogP contribution in [0.25, 0.3) is 0 Å². The molecule has 1 saturated carbocycles. The maximum absolute atomic E-state index is 12.1. The quantitative estimate of drug-likeness (QED) is 0.863. The summed E-state index contributed by atoms with van der Waals surface area (Å²) in [6.45, 7) is 3.26. The fraction of sp³-hybridized carbons (Fsp3) is 0.769. The van der Waals surface area contributed by atoms with E-state index in [1.165, 1.54) is 0 Å². The van der Waals surface area contributed by atoms with E-state index < -0.39 is 0 Å². The molecule has 0 spiro atoms. The minimum Gasteiger partial charge on any atom is -0.393 e. The Hall–Kier alpha value is -1.43. The molecule has 2 fully saturated rings. The number of amides is 1. The minimum atomic E-state index is -0.221. The van der Waals surface area contributed by atoms with Crippen LogP contribution in [0.15, 0.2) is 4.52 Å². The lowest BCUT2D eigenvalue weighted by Crippen LogP contribution is -2.31. The highest BCUT2D eigenvalue weighted by molar-refractivity contribution is 5.76. The van der Waals surface area contributed by atoms with Crippen LogP contribution in [-0.4, -0.2) is 45.2 Å². The van der Waals surface area contributed by atoms with E-state index in [4.69, 9.17) is 4.52 Å². The first-order valence-electron chi connectivity index (χ1n) is 6.88. The predicted molar refractivity (Wildman–Crippen MR) is 66.2 cm³/mol. The van der Waals surface area contributed by atoms with Crippen molar-refractivity contribution in [1.82, 2.24) is 15.0 Å². The van der Waals surface area contributed by atoms with Crippen LogP contribution in [0.4, 0.5) is 0 Å². The number of likely N-dealkylation sites (tertiary alicyclic amines) is 1. The average Bonchev–Trinajstić information content (AvgIpc) is 3.05. The van der Waals surface area contributed by atoms with E-state index in [9.17, 15) is 9.90 Å². The van der Waals surface area contributed by atoms with Crippen molar-refractivity contribution >= 4 is 5.91 Å². The molecule has 1 saturated heterocycles. The van der Waals surface area contributed by atoms with Crippen molar-refractivity contribution in [3.8, 4) is 0 Å². The van der Waals surface area contributed by atoms with Crippen LogP contribution >= 0.6 is 0 Å². The molecule has 1 aromatic rings. The fourth-order valence-corrected chi connectivity index (χ4v) is 3.25. The summed E-state index contributed by atoms with van der Waals surface area (Å²) in [5, 5.41) is 13.5. The predicted octanol–water partition coefficient (Wildman–Crippen LogP) is 0.540. The Labute approximate surface area is 111 Å². The average molecular weight is 265 g/mol. The van der Waals surface area contributed by atoms with Gasteiger partial charge in [-0.1, -0.05) is 5.16 Å². The number of aromatic nitrogens is 2. The molecule has 2 aliphatic rings. The van der Waals surface area contributed by atoms with Crippen LogP contribution in [0.1, 0.15) is 31.0 Å². The number of aryl methyl sites for hydroxylation is 2. The number of fused-ring (bicyclic) bond motifs is 1. The van der Waals surface area contributed by atoms with E-state index in [2.05, 4.69) is 10.1 Å². The lowest BCUT2D eigenvalue weighted by Gasteiger charge is -2.18. The normalized spacial score (nSPS) is 29.8. The largest absolute Gasteiger partial charge is 0.393 e. The number of carbonyl (C=O) groups is 1. The number of rotatable bonds is 3. The maximum atomic E-state index is 12.1. The smallest absolute Gasteiger partial charge is 0.227 e. The van der Waals surface area contributed by atoms with Gasteiger partial charge >= 0.3 is 0 Å². The molecule has 1 aliphatic heterocycles. The van der Waals surface area contributed by atoms with Gasteiger partial charge in [-0.25, -0.2) is 0 Å². The summed E-state index contributed by atoms with van der Waals surface area (Å²) in [5.41, 5.74) is 0. The second-order valence-corrected chi connectivity index (χ2v) is 5.60. The summed E-state index contributed by atoms with van der Waals surface area (Å²) in [5.74, 6) is 2.02. The molecule has 2 heterocycles. The summed E-state index contributed by atoms with van der Waals surface area (Å²) in [4.78, 5) is 18.1. The van der Waals surface area contributed by atoms with Crippen molar-refractivity contribution in [2.24, 2.45) is 11.8 Å². The first-order valence-corrected chi connectivity index (χ1v) is 6.88. The first kappa shape index (κ1) is 12.6. The Morgan fingerprint density at radius 1 is 1.47 bits per heavy atom. The summed E-state index contributed by atoms with van der Waals surface area (Å²) in [7, 11) is 0. The van der Waals surface area contributed by atoms with Crippen LogP contribution in [-0.2, 0) is 11.2 Å². The number of carbonyl (C=O) groups excluding carboxylic acids is 1. The molecule has 104 valence electrons. The molecule has 1 amide bonds. The number of nitrogens with zero attached hydrogens (tertiary/aromatic N) is 3. The molecule has 0 bridgehead atoms. The van der Waals surface area contributed by atoms with Crippen LogP contribution in [0, 0.1) is 18.8 Å². The van der Waals surface area contributed by atoms with Crippen molar-refractivity contribution in [3.63, 3.8) is 0 Å². The van der Waals surface area contributed by atoms with Gasteiger partial charge in [-0.3, -0.25) is 4.79 Å². The monoisotopic (exact) mass is 265 g/mol. The molecule has 3 unspecified atom stereocenters. The van der Waals surface area contributed by atoms with Crippen LogP contribution in [0.3, 0.4) is 0 Å². The lowest BCUT2D eigenvalue weighted by molar-refractivity contribution is -0.130. The molecule has 6 nitrogen and oxygen atoms in total. The molecule has 19 heavy (non-hydrogen) atoms. The van der Waals surface area contributed by atoms with E-state index in [0.717, 1.165) is 19.4 Å². The van der Waals surface area contributed by atoms with Crippen molar-refractivity contribution in [2.75, 3.05) is 13.1 Å². The first-order chi connectivity index (χ1) is 9.13. The van der Waals surface area contributed by atoms with Gasteiger partial charge in [-0.2, -0.15) is 4.98 Å². The maximum Gasteiger partial charge on any atom is 0.227 e. The SMILES string of the molecule is Cc1noc(CCC(=O)N2CC3CCC(O)C3C2)n1. The third kappa shape index (κ3) is 2.49. The summed E-state index contributed by atoms with van der Waals surface area (Å²) >= 11 is 0. The minimum absolute atomic E-state index is 0.123. The van der Waals surface area contributed by atoms with Gasteiger partial charge in [0, 0.05) is 31.8 Å². The van der Waals surface area contributed by atoms with E-state index >= 15 is 0 Å². The molecular formula is C13H19N3O3. The number of hydrogen-bond acceptors (Lipinski definition) is 5. The van der Waals surface area contributed by atoms with Crippen LogP contribution in [0.2, 0.25) is 0 Å². The Morgan fingerprint density at radius 2 is 2.32 bits per heavy atom. The van der Waals surface area contributed by atoms with Crippen LogP contribution in [0.5, 0.6) is 0 Å². The summed E-state index contributed by atoms with van der Waals surface area (Å²) in [6.07, 6.45) is 2.60. The Bertz CT molecular complexity index is 473. The topological polar surface area (TPSA) is 79.5 Å². The van der Waals surface area contributed by atoms with E-state index in [-0.39, 0.29) is 17.9 Å². The number of aliphatic hydroxyl groups is 1. The van der Waals surface area contributed by atoms with Gasteiger partial charge in [0.25, 0.3) is 0 Å². The Balaban J connectivity index is 1.52. The van der Waals surface area contributed by atoms with Crippen molar-refractivity contribution < 1.29 is 14.4 Å². The number of aliphatic hydroxyl groups excluding tert-OH is 1. The second kappa shape index (κ2) is 4.92. The van der Waals surface area contributed by atoms with Crippen molar-refractivity contribution in [1.29, 1.82) is 0 Å². The Morgan fingerprint density at radius 3 is 3.00 bits per heavy atom. The van der Waals surface area contributed by atoms with Gasteiger partial charge < -0.3 is 14.5 Å². The van der Waals surface area contributed by atoms with Gasteiger partial charge in [0.1, 0.15) is 0 Å². The van der Waals surface area contributed by atoms with Gasteiger partial charge in [-0.15, -0.1) is 0 Å². The van der Waals surface area contributed by atoms with Crippen molar-refractivity contribution in [3.05, 3.63) is 11.7 Å². The van der Waals surface area contributed by atoms with E-state index in [1.54, 1.807) is 6.92 Å². The highest BCUT2D eigenvalue weighted by Crippen LogP contribution is 2.38. The van der Waals surface area contributed by atoms with Gasteiger partial charge in [0.15, 0.2) is 5.82 Å². The molecule has 3 atom stereocenters. The second-order valence-electron chi connectivity index (χ2n) is 5.60. The van der Waals surface area contributed by atoms with Crippen LogP contribution < -0.4 is 0 Å². The molecule has 0 radical (unpaired) electrons. The molecule has 1 aliphatic carbocycles. The molecule has 0 aromatic carbocycles. The third-order valence-corrected chi connectivity index (χ3v) is 4.29. The molecular weight excluding hydrogens is 246 g/mol. The Kier molecular flexibility index (Phi) is 3.26. The highest BCUT2D eigenvalue weighted by Gasteiger charge is 2.43.